The lowest BCUT2D eigenvalue weighted by Crippen LogP contribution is -2.15. The molecule has 3 heterocycles. The quantitative estimate of drug-likeness (QED) is 0.514. The van der Waals surface area contributed by atoms with Crippen LogP contribution in [0.25, 0.3) is 22.3 Å². The maximum atomic E-state index is 12.5. The number of benzene rings is 1. The standard InChI is InChI=1S/C19H19N5O2S/c1-3-24-18(14-8-10-26-11-14)21-22-19(24)27-12-16(25)20-15-6-4-5-13-7-9-23(2)17(13)15/h4-11H,3,12H2,1-2H3,(H,20,25). The molecule has 0 bridgehead atoms. The molecule has 0 radical (unpaired) electrons. The summed E-state index contributed by atoms with van der Waals surface area (Å²) in [4.78, 5) is 12.5. The molecule has 4 aromatic rings. The van der Waals surface area contributed by atoms with Gasteiger partial charge in [-0.05, 0) is 25.1 Å². The highest BCUT2D eigenvalue weighted by Crippen LogP contribution is 2.26. The summed E-state index contributed by atoms with van der Waals surface area (Å²) >= 11 is 1.37. The fraction of sp³-hybridized carbons (Fsp3) is 0.211. The van der Waals surface area contributed by atoms with Gasteiger partial charge in [-0.2, -0.15) is 0 Å². The van der Waals surface area contributed by atoms with Gasteiger partial charge in [0.05, 0.1) is 28.8 Å². The predicted molar refractivity (Wildman–Crippen MR) is 106 cm³/mol. The lowest BCUT2D eigenvalue weighted by molar-refractivity contribution is -0.113. The molecule has 0 aliphatic carbocycles. The highest BCUT2D eigenvalue weighted by atomic mass is 32.2. The molecule has 0 atom stereocenters. The molecule has 4 rings (SSSR count). The second-order valence-electron chi connectivity index (χ2n) is 6.07. The molecule has 0 saturated heterocycles. The van der Waals surface area contributed by atoms with E-state index >= 15 is 0 Å². The van der Waals surface area contributed by atoms with E-state index in [1.54, 1.807) is 12.5 Å². The van der Waals surface area contributed by atoms with Gasteiger partial charge in [0.25, 0.3) is 0 Å². The van der Waals surface area contributed by atoms with E-state index in [4.69, 9.17) is 4.42 Å². The number of nitrogens with one attached hydrogen (secondary N) is 1. The average molecular weight is 381 g/mol. The van der Waals surface area contributed by atoms with Crippen molar-refractivity contribution in [1.29, 1.82) is 0 Å². The molecule has 1 aromatic carbocycles. The zero-order valence-electron chi connectivity index (χ0n) is 15.0. The lowest BCUT2D eigenvalue weighted by Gasteiger charge is -2.09. The van der Waals surface area contributed by atoms with Crippen molar-refractivity contribution >= 4 is 34.3 Å². The molecule has 0 spiro atoms. The summed E-state index contributed by atoms with van der Waals surface area (Å²) in [5.41, 5.74) is 2.69. The second kappa shape index (κ2) is 7.32. The third-order valence-corrected chi connectivity index (χ3v) is 5.28. The van der Waals surface area contributed by atoms with E-state index in [9.17, 15) is 4.79 Å². The number of aromatic nitrogens is 4. The number of hydrogen-bond donors (Lipinski definition) is 1. The van der Waals surface area contributed by atoms with Gasteiger partial charge in [0, 0.05) is 25.2 Å². The van der Waals surface area contributed by atoms with Crippen LogP contribution in [0.15, 0.2) is 58.6 Å². The number of furan rings is 1. The Labute approximate surface area is 160 Å². The Morgan fingerprint density at radius 2 is 2.15 bits per heavy atom. The Bertz CT molecular complexity index is 1080. The van der Waals surface area contributed by atoms with Crippen LogP contribution in [0.4, 0.5) is 5.69 Å². The number of hydrogen-bond acceptors (Lipinski definition) is 5. The van der Waals surface area contributed by atoms with Gasteiger partial charge < -0.3 is 18.9 Å². The number of aryl methyl sites for hydroxylation is 1. The molecule has 27 heavy (non-hydrogen) atoms. The number of carbonyl (C=O) groups excluding carboxylic acids is 1. The number of amides is 1. The van der Waals surface area contributed by atoms with E-state index in [1.807, 2.05) is 59.6 Å². The minimum atomic E-state index is -0.0794. The smallest absolute Gasteiger partial charge is 0.234 e. The van der Waals surface area contributed by atoms with Crippen LogP contribution in [0.3, 0.4) is 0 Å². The Morgan fingerprint density at radius 1 is 1.26 bits per heavy atom. The van der Waals surface area contributed by atoms with E-state index in [-0.39, 0.29) is 11.7 Å². The highest BCUT2D eigenvalue weighted by molar-refractivity contribution is 7.99. The van der Waals surface area contributed by atoms with E-state index in [0.717, 1.165) is 28.0 Å². The molecule has 0 saturated carbocycles. The third-order valence-electron chi connectivity index (χ3n) is 4.32. The first kappa shape index (κ1) is 17.4. The molecular weight excluding hydrogens is 362 g/mol. The first-order valence-electron chi connectivity index (χ1n) is 8.60. The number of thioether (sulfide) groups is 1. The normalized spacial score (nSPS) is 11.2. The Hall–Kier alpha value is -3.00. The summed E-state index contributed by atoms with van der Waals surface area (Å²) in [6, 6.07) is 9.76. The fourth-order valence-electron chi connectivity index (χ4n) is 3.06. The summed E-state index contributed by atoms with van der Waals surface area (Å²) < 4.78 is 9.10. The molecule has 1 amide bonds. The number of para-hydroxylation sites is 1. The van der Waals surface area contributed by atoms with Crippen molar-refractivity contribution in [2.75, 3.05) is 11.1 Å². The first-order valence-corrected chi connectivity index (χ1v) is 9.58. The van der Waals surface area contributed by atoms with Crippen LogP contribution < -0.4 is 5.32 Å². The average Bonchev–Trinajstić information content (AvgIpc) is 3.40. The molecule has 0 aliphatic heterocycles. The molecular formula is C19H19N5O2S. The fourth-order valence-corrected chi connectivity index (χ4v) is 3.86. The zero-order chi connectivity index (χ0) is 18.8. The first-order chi connectivity index (χ1) is 13.2. The molecule has 7 nitrogen and oxygen atoms in total. The number of anilines is 1. The van der Waals surface area contributed by atoms with Crippen LogP contribution in [-0.2, 0) is 18.4 Å². The number of nitrogens with zero attached hydrogens (tertiary/aromatic N) is 4. The minimum absolute atomic E-state index is 0.0794. The SMILES string of the molecule is CCn1c(SCC(=O)Nc2cccc3ccn(C)c23)nnc1-c1ccoc1. The molecule has 8 heteroatoms. The van der Waals surface area contributed by atoms with Crippen LogP contribution in [0.5, 0.6) is 0 Å². The minimum Gasteiger partial charge on any atom is -0.472 e. The van der Waals surface area contributed by atoms with Gasteiger partial charge >= 0.3 is 0 Å². The van der Waals surface area contributed by atoms with Crippen molar-refractivity contribution < 1.29 is 9.21 Å². The summed E-state index contributed by atoms with van der Waals surface area (Å²) in [7, 11) is 1.97. The summed E-state index contributed by atoms with van der Waals surface area (Å²) in [6.07, 6.45) is 5.22. The van der Waals surface area contributed by atoms with E-state index in [0.29, 0.717) is 11.7 Å². The van der Waals surface area contributed by atoms with Gasteiger partial charge in [-0.3, -0.25) is 4.79 Å². The Balaban J connectivity index is 1.47. The van der Waals surface area contributed by atoms with Crippen molar-refractivity contribution in [1.82, 2.24) is 19.3 Å². The van der Waals surface area contributed by atoms with E-state index < -0.39 is 0 Å². The van der Waals surface area contributed by atoms with Gasteiger partial charge in [0.15, 0.2) is 11.0 Å². The molecule has 0 unspecified atom stereocenters. The largest absolute Gasteiger partial charge is 0.472 e. The van der Waals surface area contributed by atoms with Crippen molar-refractivity contribution in [3.63, 3.8) is 0 Å². The zero-order valence-corrected chi connectivity index (χ0v) is 15.9. The monoisotopic (exact) mass is 381 g/mol. The van der Waals surface area contributed by atoms with Crippen molar-refractivity contribution in [2.45, 2.75) is 18.6 Å². The summed E-state index contributed by atoms with van der Waals surface area (Å²) in [6.45, 7) is 2.73. The van der Waals surface area contributed by atoms with Gasteiger partial charge in [0.1, 0.15) is 6.26 Å². The summed E-state index contributed by atoms with van der Waals surface area (Å²) in [5.74, 6) is 0.914. The van der Waals surface area contributed by atoms with Gasteiger partial charge in [-0.25, -0.2) is 0 Å². The van der Waals surface area contributed by atoms with Crippen LogP contribution in [0.2, 0.25) is 0 Å². The predicted octanol–water partition coefficient (Wildman–Crippen LogP) is 3.78. The van der Waals surface area contributed by atoms with Crippen molar-refractivity contribution in [2.24, 2.45) is 7.05 Å². The van der Waals surface area contributed by atoms with Crippen LogP contribution in [0, 0.1) is 0 Å². The van der Waals surface area contributed by atoms with Gasteiger partial charge in [-0.1, -0.05) is 23.9 Å². The Kier molecular flexibility index (Phi) is 4.72. The van der Waals surface area contributed by atoms with Gasteiger partial charge in [0.2, 0.25) is 5.91 Å². The van der Waals surface area contributed by atoms with Crippen LogP contribution >= 0.6 is 11.8 Å². The molecule has 138 valence electrons. The molecule has 0 aliphatic rings. The van der Waals surface area contributed by atoms with E-state index in [2.05, 4.69) is 15.5 Å². The van der Waals surface area contributed by atoms with Gasteiger partial charge in [-0.15, -0.1) is 10.2 Å². The Morgan fingerprint density at radius 3 is 2.93 bits per heavy atom. The number of carbonyl (C=O) groups is 1. The molecule has 0 fully saturated rings. The third kappa shape index (κ3) is 3.35. The van der Waals surface area contributed by atoms with Crippen molar-refractivity contribution in [3.05, 3.63) is 49.1 Å². The molecule has 1 N–H and O–H groups in total. The number of rotatable bonds is 6. The van der Waals surface area contributed by atoms with Crippen molar-refractivity contribution in [3.8, 4) is 11.4 Å². The van der Waals surface area contributed by atoms with Crippen LogP contribution in [0.1, 0.15) is 6.92 Å². The molecule has 3 aromatic heterocycles. The van der Waals surface area contributed by atoms with Crippen LogP contribution in [-0.4, -0.2) is 31.0 Å². The maximum Gasteiger partial charge on any atom is 0.234 e. The number of fused-ring (bicyclic) bond motifs is 1. The topological polar surface area (TPSA) is 77.9 Å². The lowest BCUT2D eigenvalue weighted by atomic mass is 10.2. The highest BCUT2D eigenvalue weighted by Gasteiger charge is 2.16. The second-order valence-corrected chi connectivity index (χ2v) is 7.01. The summed E-state index contributed by atoms with van der Waals surface area (Å²) in [5, 5.41) is 13.3. The maximum absolute atomic E-state index is 12.5. The van der Waals surface area contributed by atoms with E-state index in [1.165, 1.54) is 11.8 Å².